The van der Waals surface area contributed by atoms with E-state index in [1.165, 1.54) is 23.5 Å². The number of para-hydroxylation sites is 1. The van der Waals surface area contributed by atoms with Crippen LogP contribution in [0.1, 0.15) is 26.4 Å². The number of likely N-dealkylation sites (N-methyl/N-ethyl adjacent to an activating group) is 1. The van der Waals surface area contributed by atoms with Gasteiger partial charge in [0.1, 0.15) is 10.0 Å². The summed E-state index contributed by atoms with van der Waals surface area (Å²) in [7, 11) is 2.04. The summed E-state index contributed by atoms with van der Waals surface area (Å²) in [6, 6.07) is 12.3. The first-order chi connectivity index (χ1) is 15.3. The highest BCUT2D eigenvalue weighted by molar-refractivity contribution is 7.23. The number of hydrogen-bond acceptors (Lipinski definition) is 5. The number of benzene rings is 2. The number of carbonyl (C=O) groups is 1. The zero-order valence-electron chi connectivity index (χ0n) is 17.4. The van der Waals surface area contributed by atoms with Gasteiger partial charge in [-0.1, -0.05) is 18.2 Å². The van der Waals surface area contributed by atoms with Gasteiger partial charge in [-0.25, -0.2) is 4.98 Å². The first-order valence-electron chi connectivity index (χ1n) is 9.97. The molecule has 33 heavy (non-hydrogen) atoms. The Labute approximate surface area is 202 Å². The van der Waals surface area contributed by atoms with E-state index in [-0.39, 0.29) is 18.0 Å². The number of fused-ring (bicyclic) bond motifs is 2. The van der Waals surface area contributed by atoms with Crippen molar-refractivity contribution in [1.29, 1.82) is 0 Å². The van der Waals surface area contributed by atoms with Gasteiger partial charge in [0.15, 0.2) is 0 Å². The monoisotopic (exact) mass is 509 g/mol. The van der Waals surface area contributed by atoms with Gasteiger partial charge in [-0.15, -0.1) is 35.1 Å². The summed E-state index contributed by atoms with van der Waals surface area (Å²) >= 11 is 3.03. The van der Waals surface area contributed by atoms with Crippen molar-refractivity contribution in [2.45, 2.75) is 19.1 Å². The Balaban J connectivity index is 0.00000259. The summed E-state index contributed by atoms with van der Waals surface area (Å²) in [5, 5.41) is 4.32. The van der Waals surface area contributed by atoms with Crippen LogP contribution < -0.4 is 5.32 Å². The molecule has 2 aromatic carbocycles. The van der Waals surface area contributed by atoms with E-state index < -0.39 is 17.6 Å². The molecule has 1 N–H and O–H groups in total. The normalized spacial score (nSPS) is 14.1. The molecule has 0 saturated carbocycles. The molecule has 0 saturated heterocycles. The average Bonchev–Trinajstić information content (AvgIpc) is 3.33. The highest BCUT2D eigenvalue weighted by Crippen LogP contribution is 2.45. The number of thiophene rings is 1. The molecule has 0 atom stereocenters. The van der Waals surface area contributed by atoms with E-state index in [1.807, 2.05) is 31.3 Å². The Bertz CT molecular complexity index is 1300. The Hall–Kier alpha value is -2.46. The lowest BCUT2D eigenvalue weighted by Crippen LogP contribution is -2.25. The highest BCUT2D eigenvalue weighted by atomic mass is 35.5. The van der Waals surface area contributed by atoms with Gasteiger partial charge >= 0.3 is 6.18 Å². The first kappa shape index (κ1) is 23.7. The molecule has 172 valence electrons. The van der Waals surface area contributed by atoms with Crippen molar-refractivity contribution in [1.82, 2.24) is 9.88 Å². The minimum absolute atomic E-state index is 0. The van der Waals surface area contributed by atoms with Crippen LogP contribution in [0.2, 0.25) is 0 Å². The van der Waals surface area contributed by atoms with E-state index in [1.54, 1.807) is 11.3 Å². The smallest absolute Gasteiger partial charge is 0.313 e. The molecule has 4 aromatic rings. The van der Waals surface area contributed by atoms with Gasteiger partial charge in [-0.3, -0.25) is 4.79 Å². The number of hydrogen-bond donors (Lipinski definition) is 1. The van der Waals surface area contributed by atoms with Crippen LogP contribution in [0.3, 0.4) is 0 Å². The van der Waals surface area contributed by atoms with Crippen LogP contribution in [0.4, 0.5) is 18.2 Å². The number of rotatable bonds is 3. The second-order valence-electron chi connectivity index (χ2n) is 7.72. The zero-order valence-corrected chi connectivity index (χ0v) is 19.9. The molecule has 0 spiro atoms. The number of amides is 1. The maximum atomic E-state index is 13.1. The third-order valence-electron chi connectivity index (χ3n) is 5.43. The van der Waals surface area contributed by atoms with E-state index in [0.29, 0.717) is 5.00 Å². The number of alkyl halides is 3. The molecule has 4 nitrogen and oxygen atoms in total. The lowest BCUT2D eigenvalue weighted by atomic mass is 10.0. The Morgan fingerprint density at radius 3 is 2.67 bits per heavy atom. The maximum absolute atomic E-state index is 13.1. The predicted molar refractivity (Wildman–Crippen MR) is 130 cm³/mol. The molecule has 0 bridgehead atoms. The Morgan fingerprint density at radius 1 is 1.12 bits per heavy atom. The standard InChI is InChI=1S/C23H18F3N3OS2.ClH/c1-29-10-9-15-18(12-29)32-22(19(15)21-27-16-7-2-3-8-17(16)31-21)28-20(30)13-5-4-6-14(11-13)23(24,25)26;/h2-8,11H,9-10,12H2,1H3,(H,28,30);1H. The van der Waals surface area contributed by atoms with Crippen LogP contribution in [-0.4, -0.2) is 29.4 Å². The van der Waals surface area contributed by atoms with Crippen molar-refractivity contribution in [3.05, 3.63) is 70.1 Å². The first-order valence-corrected chi connectivity index (χ1v) is 11.6. The fraction of sp³-hybridized carbons (Fsp3) is 0.217. The van der Waals surface area contributed by atoms with Crippen molar-refractivity contribution < 1.29 is 18.0 Å². The molecule has 0 radical (unpaired) electrons. The van der Waals surface area contributed by atoms with Crippen molar-refractivity contribution in [2.75, 3.05) is 18.9 Å². The van der Waals surface area contributed by atoms with Gasteiger partial charge in [-0.2, -0.15) is 13.2 Å². The third kappa shape index (κ3) is 4.63. The summed E-state index contributed by atoms with van der Waals surface area (Å²) in [4.78, 5) is 21.1. The van der Waals surface area contributed by atoms with E-state index >= 15 is 0 Å². The van der Waals surface area contributed by atoms with Crippen LogP contribution in [0.15, 0.2) is 48.5 Å². The number of aromatic nitrogens is 1. The molecule has 5 rings (SSSR count). The third-order valence-corrected chi connectivity index (χ3v) is 7.62. The van der Waals surface area contributed by atoms with Gasteiger partial charge < -0.3 is 10.2 Å². The lowest BCUT2D eigenvalue weighted by molar-refractivity contribution is -0.137. The number of nitrogens with zero attached hydrogens (tertiary/aromatic N) is 2. The number of thiazole rings is 1. The van der Waals surface area contributed by atoms with Gasteiger partial charge in [0.2, 0.25) is 0 Å². The van der Waals surface area contributed by atoms with E-state index in [2.05, 4.69) is 10.2 Å². The molecule has 0 fully saturated rings. The van der Waals surface area contributed by atoms with Crippen LogP contribution >= 0.6 is 35.1 Å². The predicted octanol–water partition coefficient (Wildman–Crippen LogP) is 6.71. The van der Waals surface area contributed by atoms with E-state index in [0.717, 1.165) is 62.9 Å². The van der Waals surface area contributed by atoms with Crippen LogP contribution in [0.5, 0.6) is 0 Å². The summed E-state index contributed by atoms with van der Waals surface area (Å²) < 4.78 is 40.3. The Kier molecular flexibility index (Phi) is 6.50. The van der Waals surface area contributed by atoms with Crippen LogP contribution in [0, 0.1) is 0 Å². The molecule has 3 heterocycles. The second kappa shape index (κ2) is 9.06. The van der Waals surface area contributed by atoms with E-state index in [9.17, 15) is 18.0 Å². The average molecular weight is 510 g/mol. The minimum atomic E-state index is -4.50. The fourth-order valence-corrected chi connectivity index (χ4v) is 6.27. The molecule has 1 aliphatic heterocycles. The topological polar surface area (TPSA) is 45.2 Å². The lowest BCUT2D eigenvalue weighted by Gasteiger charge is -2.22. The van der Waals surface area contributed by atoms with Crippen molar-refractivity contribution in [3.8, 4) is 10.6 Å². The molecule has 0 aliphatic carbocycles. The number of carbonyl (C=O) groups excluding carboxylic acids is 1. The maximum Gasteiger partial charge on any atom is 0.416 e. The fourth-order valence-electron chi connectivity index (χ4n) is 3.84. The van der Waals surface area contributed by atoms with Crippen LogP contribution in [0.25, 0.3) is 20.8 Å². The van der Waals surface area contributed by atoms with Gasteiger partial charge in [0.05, 0.1) is 15.8 Å². The minimum Gasteiger partial charge on any atom is -0.313 e. The molecule has 1 amide bonds. The van der Waals surface area contributed by atoms with Gasteiger partial charge in [0, 0.05) is 29.1 Å². The SMILES string of the molecule is CN1CCc2c(sc(NC(=O)c3cccc(C(F)(F)F)c3)c2-c2nc3ccccc3s2)C1.Cl. The van der Waals surface area contributed by atoms with Crippen molar-refractivity contribution in [2.24, 2.45) is 0 Å². The molecule has 1 aliphatic rings. The van der Waals surface area contributed by atoms with Crippen molar-refractivity contribution >= 4 is 56.2 Å². The number of nitrogens with one attached hydrogen (secondary N) is 1. The van der Waals surface area contributed by atoms with Gasteiger partial charge in [-0.05, 0) is 49.4 Å². The quantitative estimate of drug-likeness (QED) is 0.334. The summed E-state index contributed by atoms with van der Waals surface area (Å²) in [5.74, 6) is -0.564. The second-order valence-corrected chi connectivity index (χ2v) is 9.85. The largest absolute Gasteiger partial charge is 0.416 e. The highest BCUT2D eigenvalue weighted by Gasteiger charge is 2.31. The zero-order chi connectivity index (χ0) is 22.5. The summed E-state index contributed by atoms with van der Waals surface area (Å²) in [6.07, 6.45) is -3.68. The number of halogens is 4. The summed E-state index contributed by atoms with van der Waals surface area (Å²) in [5.41, 5.74) is 2.06. The molecule has 0 unspecified atom stereocenters. The van der Waals surface area contributed by atoms with Gasteiger partial charge in [0.25, 0.3) is 5.91 Å². The van der Waals surface area contributed by atoms with E-state index in [4.69, 9.17) is 4.98 Å². The number of anilines is 1. The molecule has 2 aromatic heterocycles. The molecular formula is C23H19ClF3N3OS2. The van der Waals surface area contributed by atoms with Crippen molar-refractivity contribution in [3.63, 3.8) is 0 Å². The molecular weight excluding hydrogens is 491 g/mol. The Morgan fingerprint density at radius 2 is 1.91 bits per heavy atom. The summed E-state index contributed by atoms with van der Waals surface area (Å²) in [6.45, 7) is 1.65. The molecule has 10 heteroatoms. The van der Waals surface area contributed by atoms with Crippen LogP contribution in [-0.2, 0) is 19.1 Å².